The molecule has 4 nitrogen and oxygen atoms in total. The first-order chi connectivity index (χ1) is 14.8. The third-order valence-electron chi connectivity index (χ3n) is 6.61. The summed E-state index contributed by atoms with van der Waals surface area (Å²) in [6.07, 6.45) is 6.33. The van der Waals surface area contributed by atoms with E-state index in [0.717, 1.165) is 44.2 Å². The maximum absolute atomic E-state index is 12.4. The van der Waals surface area contributed by atoms with Gasteiger partial charge in [0, 0.05) is 25.2 Å². The standard InChI is InChI=1S/C26H35N3O/c30-26(27-14-19-28-15-4-5-16-28)25-10-8-24(9-11-25)21-29-17-12-23(13-18-29)20-22-6-2-1-3-7-22/h1-3,6-11,23H,4-5,12-21H2,(H,27,30). The minimum absolute atomic E-state index is 0.0440. The highest BCUT2D eigenvalue weighted by Gasteiger charge is 2.19. The summed E-state index contributed by atoms with van der Waals surface area (Å²) in [5.74, 6) is 0.845. The molecule has 1 amide bonds. The van der Waals surface area contributed by atoms with Crippen LogP contribution in [0.1, 0.15) is 47.2 Å². The van der Waals surface area contributed by atoms with Crippen LogP contribution in [0, 0.1) is 5.92 Å². The molecule has 0 saturated carbocycles. The van der Waals surface area contributed by atoms with Crippen LogP contribution in [-0.2, 0) is 13.0 Å². The van der Waals surface area contributed by atoms with Crippen molar-refractivity contribution < 1.29 is 4.79 Å². The van der Waals surface area contributed by atoms with Crippen molar-refractivity contribution in [3.05, 3.63) is 71.3 Å². The molecule has 0 aromatic heterocycles. The second-order valence-corrected chi connectivity index (χ2v) is 8.91. The first-order valence-corrected chi connectivity index (χ1v) is 11.6. The van der Waals surface area contributed by atoms with Gasteiger partial charge < -0.3 is 10.2 Å². The normalized spacial score (nSPS) is 18.5. The fourth-order valence-corrected chi connectivity index (χ4v) is 4.75. The monoisotopic (exact) mass is 405 g/mol. The molecule has 2 aromatic rings. The second kappa shape index (κ2) is 10.7. The smallest absolute Gasteiger partial charge is 0.251 e. The first kappa shape index (κ1) is 21.1. The minimum Gasteiger partial charge on any atom is -0.351 e. The van der Waals surface area contributed by atoms with Gasteiger partial charge in [-0.2, -0.15) is 0 Å². The summed E-state index contributed by atoms with van der Waals surface area (Å²) >= 11 is 0. The summed E-state index contributed by atoms with van der Waals surface area (Å²) in [6, 6.07) is 19.1. The number of hydrogen-bond donors (Lipinski definition) is 1. The maximum Gasteiger partial charge on any atom is 0.251 e. The number of rotatable bonds is 8. The summed E-state index contributed by atoms with van der Waals surface area (Å²) < 4.78 is 0. The molecule has 0 aliphatic carbocycles. The third kappa shape index (κ3) is 6.16. The van der Waals surface area contributed by atoms with Crippen molar-refractivity contribution in [2.45, 2.75) is 38.6 Å². The molecule has 4 rings (SSSR count). The molecule has 0 unspecified atom stereocenters. The number of amides is 1. The van der Waals surface area contributed by atoms with Crippen molar-refractivity contribution in [3.8, 4) is 0 Å². The molecule has 160 valence electrons. The number of benzene rings is 2. The van der Waals surface area contributed by atoms with Gasteiger partial charge in [-0.15, -0.1) is 0 Å². The van der Waals surface area contributed by atoms with Gasteiger partial charge in [-0.05, 0) is 87.5 Å². The number of carbonyl (C=O) groups excluding carboxylic acids is 1. The lowest BCUT2D eigenvalue weighted by Gasteiger charge is -2.32. The zero-order valence-electron chi connectivity index (χ0n) is 18.1. The third-order valence-corrected chi connectivity index (χ3v) is 6.61. The molecule has 2 fully saturated rings. The maximum atomic E-state index is 12.4. The molecular weight excluding hydrogens is 370 g/mol. The molecule has 30 heavy (non-hydrogen) atoms. The number of carbonyl (C=O) groups is 1. The highest BCUT2D eigenvalue weighted by atomic mass is 16.1. The Morgan fingerprint density at radius 2 is 1.53 bits per heavy atom. The summed E-state index contributed by atoms with van der Waals surface area (Å²) in [4.78, 5) is 17.3. The topological polar surface area (TPSA) is 35.6 Å². The molecule has 2 aromatic carbocycles. The molecule has 4 heteroatoms. The van der Waals surface area contributed by atoms with Crippen LogP contribution in [0.2, 0.25) is 0 Å². The molecular formula is C26H35N3O. The predicted molar refractivity (Wildman–Crippen MR) is 123 cm³/mol. The predicted octanol–water partition coefficient (Wildman–Crippen LogP) is 3.97. The van der Waals surface area contributed by atoms with Gasteiger partial charge in [-0.25, -0.2) is 0 Å². The van der Waals surface area contributed by atoms with Gasteiger partial charge in [-0.1, -0.05) is 42.5 Å². The van der Waals surface area contributed by atoms with Crippen LogP contribution in [0.4, 0.5) is 0 Å². The van der Waals surface area contributed by atoms with Crippen LogP contribution < -0.4 is 5.32 Å². The Morgan fingerprint density at radius 3 is 2.23 bits per heavy atom. The van der Waals surface area contributed by atoms with E-state index in [1.54, 1.807) is 0 Å². The Balaban J connectivity index is 1.18. The van der Waals surface area contributed by atoms with Crippen LogP contribution in [0.15, 0.2) is 54.6 Å². The number of piperidine rings is 1. The molecule has 1 N–H and O–H groups in total. The number of nitrogens with zero attached hydrogens (tertiary/aromatic N) is 2. The zero-order valence-corrected chi connectivity index (χ0v) is 18.1. The van der Waals surface area contributed by atoms with Gasteiger partial charge in [0.2, 0.25) is 0 Å². The van der Waals surface area contributed by atoms with Crippen LogP contribution in [0.5, 0.6) is 0 Å². The lowest BCUT2D eigenvalue weighted by Crippen LogP contribution is -2.34. The molecule has 0 bridgehead atoms. The molecule has 2 heterocycles. The molecule has 0 atom stereocenters. The molecule has 0 spiro atoms. The number of hydrogen-bond acceptors (Lipinski definition) is 3. The van der Waals surface area contributed by atoms with Gasteiger partial charge in [0.1, 0.15) is 0 Å². The fraction of sp³-hybridized carbons (Fsp3) is 0.500. The lowest BCUT2D eigenvalue weighted by atomic mass is 9.90. The van der Waals surface area contributed by atoms with Crippen molar-refractivity contribution in [3.63, 3.8) is 0 Å². The second-order valence-electron chi connectivity index (χ2n) is 8.91. The lowest BCUT2D eigenvalue weighted by molar-refractivity contribution is 0.0949. The summed E-state index contributed by atoms with van der Waals surface area (Å²) in [6.45, 7) is 7.35. The van der Waals surface area contributed by atoms with Gasteiger partial charge in [-0.3, -0.25) is 9.69 Å². The minimum atomic E-state index is 0.0440. The van der Waals surface area contributed by atoms with E-state index < -0.39 is 0 Å². The van der Waals surface area contributed by atoms with E-state index in [1.165, 1.54) is 56.3 Å². The van der Waals surface area contributed by atoms with Crippen LogP contribution in [-0.4, -0.2) is 55.0 Å². The molecule has 2 saturated heterocycles. The van der Waals surface area contributed by atoms with E-state index in [2.05, 4.69) is 57.6 Å². The van der Waals surface area contributed by atoms with E-state index in [0.29, 0.717) is 0 Å². The van der Waals surface area contributed by atoms with Crippen molar-refractivity contribution in [2.75, 3.05) is 39.3 Å². The summed E-state index contributed by atoms with van der Waals surface area (Å²) in [5.41, 5.74) is 3.53. The van der Waals surface area contributed by atoms with E-state index in [9.17, 15) is 4.79 Å². The Hall–Kier alpha value is -2.17. The van der Waals surface area contributed by atoms with Crippen molar-refractivity contribution in [1.82, 2.24) is 15.1 Å². The highest BCUT2D eigenvalue weighted by molar-refractivity contribution is 5.94. The number of nitrogens with one attached hydrogen (secondary N) is 1. The van der Waals surface area contributed by atoms with Gasteiger partial charge >= 0.3 is 0 Å². The average Bonchev–Trinajstić information content (AvgIpc) is 3.30. The molecule has 2 aliphatic rings. The molecule has 0 radical (unpaired) electrons. The zero-order chi connectivity index (χ0) is 20.6. The Morgan fingerprint density at radius 1 is 0.833 bits per heavy atom. The summed E-state index contributed by atoms with van der Waals surface area (Å²) in [7, 11) is 0. The highest BCUT2D eigenvalue weighted by Crippen LogP contribution is 2.23. The van der Waals surface area contributed by atoms with Gasteiger partial charge in [0.15, 0.2) is 0 Å². The van der Waals surface area contributed by atoms with Gasteiger partial charge in [0.05, 0.1) is 0 Å². The Bertz CT molecular complexity index is 776. The number of likely N-dealkylation sites (tertiary alicyclic amines) is 2. The Labute approximate surface area is 181 Å². The molecule has 2 aliphatic heterocycles. The average molecular weight is 406 g/mol. The van der Waals surface area contributed by atoms with Gasteiger partial charge in [0.25, 0.3) is 5.91 Å². The van der Waals surface area contributed by atoms with Crippen LogP contribution in [0.25, 0.3) is 0 Å². The fourth-order valence-electron chi connectivity index (χ4n) is 4.75. The van der Waals surface area contributed by atoms with E-state index in [1.807, 2.05) is 12.1 Å². The first-order valence-electron chi connectivity index (χ1n) is 11.6. The van der Waals surface area contributed by atoms with E-state index in [-0.39, 0.29) is 5.91 Å². The summed E-state index contributed by atoms with van der Waals surface area (Å²) in [5, 5.41) is 3.06. The van der Waals surface area contributed by atoms with Crippen LogP contribution in [0.3, 0.4) is 0 Å². The quantitative estimate of drug-likeness (QED) is 0.722. The van der Waals surface area contributed by atoms with Crippen molar-refractivity contribution in [1.29, 1.82) is 0 Å². The van der Waals surface area contributed by atoms with Crippen molar-refractivity contribution >= 4 is 5.91 Å². The largest absolute Gasteiger partial charge is 0.351 e. The van der Waals surface area contributed by atoms with Crippen LogP contribution >= 0.6 is 0 Å². The van der Waals surface area contributed by atoms with E-state index >= 15 is 0 Å². The Kier molecular flexibility index (Phi) is 7.54. The SMILES string of the molecule is O=C(NCCN1CCCC1)c1ccc(CN2CCC(Cc3ccccc3)CC2)cc1. The van der Waals surface area contributed by atoms with Crippen molar-refractivity contribution in [2.24, 2.45) is 5.92 Å². The van der Waals surface area contributed by atoms with E-state index in [4.69, 9.17) is 0 Å².